The highest BCUT2D eigenvalue weighted by molar-refractivity contribution is 7.99. The van der Waals surface area contributed by atoms with Crippen molar-refractivity contribution in [3.8, 4) is 6.07 Å². The quantitative estimate of drug-likeness (QED) is 0.436. The van der Waals surface area contributed by atoms with Crippen molar-refractivity contribution in [1.82, 2.24) is 9.55 Å². The number of rotatable bonds is 6. The van der Waals surface area contributed by atoms with Crippen LogP contribution in [0.3, 0.4) is 0 Å². The standard InChI is InChI=1S/C22H26N4O2S/c1-13-7-6-10-19(14(13)2)26-21(28)16-8-4-5-9-18(16)25-22(26)29-12-20(27)17(11-23)15(3)24/h4-5,8-9,13-14,17,19,24H,6-7,10,12H2,1-3H3/t13-,14-,17-,19+/m1/s1. The number of hydrogen-bond donors (Lipinski definition) is 1. The number of hydrogen-bond acceptors (Lipinski definition) is 6. The van der Waals surface area contributed by atoms with Gasteiger partial charge in [0.2, 0.25) is 0 Å². The van der Waals surface area contributed by atoms with Gasteiger partial charge in [-0.3, -0.25) is 14.2 Å². The maximum atomic E-state index is 13.4. The van der Waals surface area contributed by atoms with Crippen molar-refractivity contribution in [1.29, 1.82) is 10.7 Å². The van der Waals surface area contributed by atoms with E-state index in [0.29, 0.717) is 27.9 Å². The number of aromatic nitrogens is 2. The highest BCUT2D eigenvalue weighted by Gasteiger charge is 2.31. The summed E-state index contributed by atoms with van der Waals surface area (Å²) in [6, 6.07) is 9.21. The van der Waals surface area contributed by atoms with Gasteiger partial charge in [-0.2, -0.15) is 5.26 Å². The lowest BCUT2D eigenvalue weighted by atomic mass is 9.78. The van der Waals surface area contributed by atoms with E-state index in [0.717, 1.165) is 19.3 Å². The lowest BCUT2D eigenvalue weighted by Gasteiger charge is -2.36. The number of para-hydroxylation sites is 1. The van der Waals surface area contributed by atoms with Crippen molar-refractivity contribution in [2.75, 3.05) is 5.75 Å². The second-order valence-electron chi connectivity index (χ2n) is 7.92. The Morgan fingerprint density at radius 2 is 2.10 bits per heavy atom. The summed E-state index contributed by atoms with van der Waals surface area (Å²) in [5, 5.41) is 17.9. The van der Waals surface area contributed by atoms with Crippen LogP contribution in [0.1, 0.15) is 46.1 Å². The Bertz CT molecular complexity index is 1040. The van der Waals surface area contributed by atoms with Crippen LogP contribution in [0.15, 0.2) is 34.2 Å². The van der Waals surface area contributed by atoms with Gasteiger partial charge in [0.1, 0.15) is 5.92 Å². The van der Waals surface area contributed by atoms with Crippen molar-refractivity contribution in [3.05, 3.63) is 34.6 Å². The van der Waals surface area contributed by atoms with E-state index in [-0.39, 0.29) is 28.8 Å². The Morgan fingerprint density at radius 1 is 1.38 bits per heavy atom. The predicted molar refractivity (Wildman–Crippen MR) is 115 cm³/mol. The lowest BCUT2D eigenvalue weighted by Crippen LogP contribution is -2.35. The van der Waals surface area contributed by atoms with Gasteiger partial charge >= 0.3 is 0 Å². The van der Waals surface area contributed by atoms with Gasteiger partial charge in [-0.15, -0.1) is 0 Å². The minimum Gasteiger partial charge on any atom is -0.308 e. The molecule has 0 unspecified atom stereocenters. The second-order valence-corrected chi connectivity index (χ2v) is 8.86. The maximum Gasteiger partial charge on any atom is 0.262 e. The first-order valence-electron chi connectivity index (χ1n) is 9.96. The van der Waals surface area contributed by atoms with Gasteiger partial charge in [-0.1, -0.05) is 50.6 Å². The fraction of sp³-hybridized carbons (Fsp3) is 0.500. The molecule has 0 aliphatic heterocycles. The SMILES string of the molecule is CC(=N)[C@@H](C#N)C(=O)CSc1nc2ccccc2c(=O)n1[C@H]1CCC[C@@H](C)[C@H]1C. The van der Waals surface area contributed by atoms with E-state index in [2.05, 4.69) is 13.8 Å². The van der Waals surface area contributed by atoms with Crippen LogP contribution in [-0.4, -0.2) is 26.8 Å². The number of ketones is 1. The first-order valence-corrected chi connectivity index (χ1v) is 10.9. The number of thioether (sulfide) groups is 1. The van der Waals surface area contributed by atoms with E-state index in [1.165, 1.54) is 18.7 Å². The topological polar surface area (TPSA) is 99.6 Å². The minimum absolute atomic E-state index is 0.00980. The zero-order chi connectivity index (χ0) is 21.1. The van der Waals surface area contributed by atoms with Crippen molar-refractivity contribution < 1.29 is 4.79 Å². The number of nitrogens with one attached hydrogen (secondary N) is 1. The molecule has 1 aromatic heterocycles. The van der Waals surface area contributed by atoms with Gasteiger partial charge in [0, 0.05) is 11.8 Å². The van der Waals surface area contributed by atoms with Gasteiger partial charge in [-0.05, 0) is 37.3 Å². The summed E-state index contributed by atoms with van der Waals surface area (Å²) >= 11 is 1.20. The first kappa shape index (κ1) is 21.3. The van der Waals surface area contributed by atoms with Crippen LogP contribution in [0.2, 0.25) is 0 Å². The Hall–Kier alpha value is -2.46. The third-order valence-corrected chi connectivity index (χ3v) is 6.97. The molecule has 7 heteroatoms. The van der Waals surface area contributed by atoms with E-state index in [1.54, 1.807) is 16.7 Å². The second kappa shape index (κ2) is 8.91. The molecule has 152 valence electrons. The molecule has 1 aliphatic rings. The van der Waals surface area contributed by atoms with Crippen LogP contribution < -0.4 is 5.56 Å². The van der Waals surface area contributed by atoms with Crippen molar-refractivity contribution in [2.45, 2.75) is 51.2 Å². The van der Waals surface area contributed by atoms with Crippen LogP contribution in [-0.2, 0) is 4.79 Å². The molecule has 1 heterocycles. The average molecular weight is 411 g/mol. The van der Waals surface area contributed by atoms with E-state index >= 15 is 0 Å². The number of nitriles is 1. The third kappa shape index (κ3) is 4.27. The molecule has 2 aromatic rings. The molecule has 0 spiro atoms. The molecule has 6 nitrogen and oxygen atoms in total. The fourth-order valence-electron chi connectivity index (χ4n) is 4.07. The molecule has 0 saturated heterocycles. The number of fused-ring (bicyclic) bond motifs is 1. The molecule has 29 heavy (non-hydrogen) atoms. The summed E-state index contributed by atoms with van der Waals surface area (Å²) < 4.78 is 1.78. The van der Waals surface area contributed by atoms with E-state index < -0.39 is 5.92 Å². The van der Waals surface area contributed by atoms with Gasteiger partial charge in [0.25, 0.3) is 5.56 Å². The molecule has 1 fully saturated rings. The van der Waals surface area contributed by atoms with Crippen molar-refractivity contribution in [2.24, 2.45) is 17.8 Å². The van der Waals surface area contributed by atoms with E-state index in [1.807, 2.05) is 18.2 Å². The Morgan fingerprint density at radius 3 is 2.79 bits per heavy atom. The molecule has 1 aliphatic carbocycles. The molecule has 0 amide bonds. The van der Waals surface area contributed by atoms with Gasteiger partial charge in [-0.25, -0.2) is 4.98 Å². The number of Topliss-reactive ketones (excluding diaryl/α,β-unsaturated/α-hetero) is 1. The van der Waals surface area contributed by atoms with E-state index in [4.69, 9.17) is 10.4 Å². The summed E-state index contributed by atoms with van der Waals surface area (Å²) in [4.78, 5) is 30.5. The molecular formula is C22H26N4O2S. The summed E-state index contributed by atoms with van der Waals surface area (Å²) in [5.74, 6) is -0.526. The highest BCUT2D eigenvalue weighted by Crippen LogP contribution is 2.38. The third-order valence-electron chi connectivity index (χ3n) is 6.00. The fourth-order valence-corrected chi connectivity index (χ4v) is 5.03. The number of carbonyl (C=O) groups excluding carboxylic acids is 1. The molecule has 0 bridgehead atoms. The predicted octanol–water partition coefficient (Wildman–Crippen LogP) is 4.23. The number of carbonyl (C=O) groups is 1. The van der Waals surface area contributed by atoms with Crippen LogP contribution in [0, 0.1) is 34.5 Å². The van der Waals surface area contributed by atoms with Gasteiger partial charge in [0.05, 0.1) is 22.7 Å². The maximum absolute atomic E-state index is 13.4. The molecule has 1 N–H and O–H groups in total. The largest absolute Gasteiger partial charge is 0.308 e. The number of benzene rings is 1. The monoisotopic (exact) mass is 410 g/mol. The summed E-state index contributed by atoms with van der Waals surface area (Å²) in [5.41, 5.74) is 0.577. The molecule has 4 atom stereocenters. The van der Waals surface area contributed by atoms with Crippen molar-refractivity contribution in [3.63, 3.8) is 0 Å². The number of nitrogens with zero attached hydrogens (tertiary/aromatic N) is 3. The van der Waals surface area contributed by atoms with Gasteiger partial charge in [0.15, 0.2) is 10.9 Å². The Labute approximate surface area is 174 Å². The van der Waals surface area contributed by atoms with Gasteiger partial charge < -0.3 is 5.41 Å². The molecule has 3 rings (SSSR count). The lowest BCUT2D eigenvalue weighted by molar-refractivity contribution is -0.117. The van der Waals surface area contributed by atoms with Crippen LogP contribution in [0.4, 0.5) is 0 Å². The molecule has 1 aromatic carbocycles. The molecule has 0 radical (unpaired) electrons. The summed E-state index contributed by atoms with van der Waals surface area (Å²) in [7, 11) is 0. The molecular weight excluding hydrogens is 384 g/mol. The smallest absolute Gasteiger partial charge is 0.262 e. The van der Waals surface area contributed by atoms with E-state index in [9.17, 15) is 14.9 Å². The minimum atomic E-state index is -1.04. The first-order chi connectivity index (χ1) is 13.8. The van der Waals surface area contributed by atoms with Crippen LogP contribution in [0.5, 0.6) is 0 Å². The zero-order valence-corrected chi connectivity index (χ0v) is 17.8. The Balaban J connectivity index is 2.03. The summed E-state index contributed by atoms with van der Waals surface area (Å²) in [6.07, 6.45) is 3.12. The molecule has 1 saturated carbocycles. The average Bonchev–Trinajstić information content (AvgIpc) is 2.69. The Kier molecular flexibility index (Phi) is 6.53. The normalized spacial score (nSPS) is 22.8. The zero-order valence-electron chi connectivity index (χ0n) is 17.0. The van der Waals surface area contributed by atoms with Crippen LogP contribution >= 0.6 is 11.8 Å². The highest BCUT2D eigenvalue weighted by atomic mass is 32.2. The summed E-state index contributed by atoms with van der Waals surface area (Å²) in [6.45, 7) is 5.86. The van der Waals surface area contributed by atoms with Crippen LogP contribution in [0.25, 0.3) is 10.9 Å². The van der Waals surface area contributed by atoms with Crippen molar-refractivity contribution >= 4 is 34.2 Å².